The van der Waals surface area contributed by atoms with Crippen LogP contribution in [0.25, 0.3) is 0 Å². The summed E-state index contributed by atoms with van der Waals surface area (Å²) in [4.78, 5) is 0.350. The van der Waals surface area contributed by atoms with Crippen LogP contribution in [0.2, 0.25) is 0 Å². The summed E-state index contributed by atoms with van der Waals surface area (Å²) in [6.45, 7) is 10.8. The number of aryl methyl sites for hydroxylation is 2. The zero-order valence-electron chi connectivity index (χ0n) is 20.3. The van der Waals surface area contributed by atoms with E-state index in [9.17, 15) is 8.42 Å². The topological polar surface area (TPSA) is 55.8 Å². The standard InChI is InChI=1S/C27H37NO4S/c1-19(2)17-28(26-9-5-20(3)15-21(26)4)33(29,30)24-8-10-27(25(16-24)23-6-7-23)32-18-22-11-13-31-14-12-22/h5,8-10,15-16,19,22-23H,6-7,11-14,17-18H2,1-4H3. The molecule has 4 rings (SSSR count). The first-order valence-corrected chi connectivity index (χ1v) is 13.6. The molecule has 0 atom stereocenters. The Kier molecular flexibility index (Phi) is 7.34. The van der Waals surface area contributed by atoms with Crippen molar-refractivity contribution < 1.29 is 17.9 Å². The van der Waals surface area contributed by atoms with Crippen LogP contribution in [0.15, 0.2) is 41.3 Å². The molecule has 5 nitrogen and oxygen atoms in total. The van der Waals surface area contributed by atoms with Gasteiger partial charge in [0.2, 0.25) is 0 Å². The highest BCUT2D eigenvalue weighted by atomic mass is 32.2. The fourth-order valence-electron chi connectivity index (χ4n) is 4.52. The van der Waals surface area contributed by atoms with Gasteiger partial charge in [-0.1, -0.05) is 31.5 Å². The molecule has 2 fully saturated rings. The summed E-state index contributed by atoms with van der Waals surface area (Å²) in [5.74, 6) is 1.93. The van der Waals surface area contributed by atoms with E-state index in [1.54, 1.807) is 10.4 Å². The van der Waals surface area contributed by atoms with Crippen molar-refractivity contribution in [2.45, 2.75) is 64.2 Å². The van der Waals surface area contributed by atoms with E-state index in [-0.39, 0.29) is 5.92 Å². The van der Waals surface area contributed by atoms with E-state index in [4.69, 9.17) is 9.47 Å². The van der Waals surface area contributed by atoms with Gasteiger partial charge in [-0.05, 0) is 92.7 Å². The number of sulfonamides is 1. The molecule has 33 heavy (non-hydrogen) atoms. The smallest absolute Gasteiger partial charge is 0.264 e. The molecular weight excluding hydrogens is 434 g/mol. The minimum absolute atomic E-state index is 0.199. The van der Waals surface area contributed by atoms with E-state index in [1.807, 2.05) is 44.2 Å². The van der Waals surface area contributed by atoms with Crippen molar-refractivity contribution in [2.24, 2.45) is 11.8 Å². The summed E-state index contributed by atoms with van der Waals surface area (Å²) < 4.78 is 41.0. The maximum atomic E-state index is 13.9. The molecule has 0 radical (unpaired) electrons. The number of hydrogen-bond acceptors (Lipinski definition) is 4. The molecule has 0 amide bonds. The van der Waals surface area contributed by atoms with Crippen LogP contribution in [0.3, 0.4) is 0 Å². The molecule has 0 unspecified atom stereocenters. The Balaban J connectivity index is 1.64. The molecule has 0 spiro atoms. The highest BCUT2D eigenvalue weighted by Crippen LogP contribution is 2.45. The maximum absolute atomic E-state index is 13.9. The van der Waals surface area contributed by atoms with Gasteiger partial charge < -0.3 is 9.47 Å². The Morgan fingerprint density at radius 2 is 1.76 bits per heavy atom. The zero-order valence-corrected chi connectivity index (χ0v) is 21.2. The van der Waals surface area contributed by atoms with Gasteiger partial charge in [0.1, 0.15) is 5.75 Å². The first-order valence-electron chi connectivity index (χ1n) is 12.2. The van der Waals surface area contributed by atoms with Crippen molar-refractivity contribution in [3.63, 3.8) is 0 Å². The van der Waals surface area contributed by atoms with Crippen LogP contribution in [0, 0.1) is 25.7 Å². The first kappa shape index (κ1) is 24.1. The fourth-order valence-corrected chi connectivity index (χ4v) is 6.25. The number of ether oxygens (including phenoxy) is 2. The van der Waals surface area contributed by atoms with Gasteiger partial charge in [-0.25, -0.2) is 8.42 Å². The summed E-state index contributed by atoms with van der Waals surface area (Å²) in [6.07, 6.45) is 4.21. The van der Waals surface area contributed by atoms with E-state index in [0.717, 1.165) is 67.0 Å². The van der Waals surface area contributed by atoms with E-state index in [0.29, 0.717) is 29.9 Å². The second kappa shape index (κ2) is 10.1. The third-order valence-corrected chi connectivity index (χ3v) is 8.33. The lowest BCUT2D eigenvalue weighted by Crippen LogP contribution is -2.35. The monoisotopic (exact) mass is 471 g/mol. The van der Waals surface area contributed by atoms with Gasteiger partial charge in [0.25, 0.3) is 10.0 Å². The van der Waals surface area contributed by atoms with E-state index in [2.05, 4.69) is 13.8 Å². The van der Waals surface area contributed by atoms with Gasteiger partial charge in [-0.2, -0.15) is 0 Å². The Morgan fingerprint density at radius 1 is 1.03 bits per heavy atom. The van der Waals surface area contributed by atoms with Crippen molar-refractivity contribution in [1.29, 1.82) is 0 Å². The number of rotatable bonds is 9. The van der Waals surface area contributed by atoms with E-state index in [1.165, 1.54) is 0 Å². The largest absolute Gasteiger partial charge is 0.493 e. The molecule has 6 heteroatoms. The van der Waals surface area contributed by atoms with E-state index < -0.39 is 10.0 Å². The second-order valence-electron chi connectivity index (χ2n) is 10.1. The molecular formula is C27H37NO4S. The lowest BCUT2D eigenvalue weighted by atomic mass is 10.0. The number of hydrogen-bond donors (Lipinski definition) is 0. The molecule has 0 bridgehead atoms. The normalized spacial score (nSPS) is 17.4. The molecule has 1 heterocycles. The highest BCUT2D eigenvalue weighted by Gasteiger charge is 2.32. The zero-order chi connectivity index (χ0) is 23.6. The van der Waals surface area contributed by atoms with Crippen LogP contribution in [-0.2, 0) is 14.8 Å². The Morgan fingerprint density at radius 3 is 2.39 bits per heavy atom. The molecule has 1 aliphatic heterocycles. The molecule has 2 aromatic rings. The molecule has 1 aliphatic carbocycles. The minimum Gasteiger partial charge on any atom is -0.493 e. The molecule has 0 N–H and O–H groups in total. The Hall–Kier alpha value is -2.05. The minimum atomic E-state index is -3.70. The van der Waals surface area contributed by atoms with Gasteiger partial charge in [0, 0.05) is 19.8 Å². The molecule has 1 saturated carbocycles. The average molecular weight is 472 g/mol. The lowest BCUT2D eigenvalue weighted by Gasteiger charge is -2.28. The molecule has 1 saturated heterocycles. The fraction of sp³-hybridized carbons (Fsp3) is 0.556. The summed E-state index contributed by atoms with van der Waals surface area (Å²) in [6, 6.07) is 11.4. The SMILES string of the molecule is Cc1ccc(N(CC(C)C)S(=O)(=O)c2ccc(OCC3CCOCC3)c(C3CC3)c2)c(C)c1. The summed E-state index contributed by atoms with van der Waals surface area (Å²) in [5.41, 5.74) is 3.88. The van der Waals surface area contributed by atoms with Gasteiger partial charge in [-0.3, -0.25) is 4.31 Å². The van der Waals surface area contributed by atoms with Crippen LogP contribution in [0.5, 0.6) is 5.75 Å². The average Bonchev–Trinajstić information content (AvgIpc) is 3.62. The van der Waals surface area contributed by atoms with Crippen LogP contribution >= 0.6 is 0 Å². The third-order valence-electron chi connectivity index (χ3n) is 6.55. The van der Waals surface area contributed by atoms with Gasteiger partial charge in [0.15, 0.2) is 0 Å². The summed E-state index contributed by atoms with van der Waals surface area (Å²) >= 11 is 0. The maximum Gasteiger partial charge on any atom is 0.264 e. The Labute approximate surface area is 199 Å². The van der Waals surface area contributed by atoms with Crippen LogP contribution in [0.1, 0.15) is 62.1 Å². The van der Waals surface area contributed by atoms with Crippen molar-refractivity contribution in [3.8, 4) is 5.75 Å². The predicted molar refractivity (Wildman–Crippen MR) is 133 cm³/mol. The highest BCUT2D eigenvalue weighted by molar-refractivity contribution is 7.92. The van der Waals surface area contributed by atoms with Gasteiger partial charge in [0.05, 0.1) is 17.2 Å². The van der Waals surface area contributed by atoms with E-state index >= 15 is 0 Å². The molecule has 180 valence electrons. The first-order chi connectivity index (χ1) is 15.8. The van der Waals surface area contributed by atoms with Gasteiger partial charge in [-0.15, -0.1) is 0 Å². The Bertz CT molecular complexity index is 1070. The molecule has 2 aliphatic rings. The molecule has 0 aromatic heterocycles. The van der Waals surface area contributed by atoms with Crippen LogP contribution < -0.4 is 9.04 Å². The lowest BCUT2D eigenvalue weighted by molar-refractivity contribution is 0.0496. The van der Waals surface area contributed by atoms with Gasteiger partial charge >= 0.3 is 0 Å². The third kappa shape index (κ3) is 5.72. The van der Waals surface area contributed by atoms with Crippen molar-refractivity contribution in [3.05, 3.63) is 53.1 Å². The predicted octanol–water partition coefficient (Wildman–Crippen LogP) is 5.84. The summed E-state index contributed by atoms with van der Waals surface area (Å²) in [7, 11) is -3.70. The quantitative estimate of drug-likeness (QED) is 0.461. The number of benzene rings is 2. The van der Waals surface area contributed by atoms with Crippen molar-refractivity contribution in [1.82, 2.24) is 0 Å². The van der Waals surface area contributed by atoms with Crippen LogP contribution in [-0.4, -0.2) is 34.8 Å². The number of nitrogens with zero attached hydrogens (tertiary/aromatic N) is 1. The number of anilines is 1. The van der Waals surface area contributed by atoms with Crippen LogP contribution in [0.4, 0.5) is 5.69 Å². The van der Waals surface area contributed by atoms with Crippen molar-refractivity contribution in [2.75, 3.05) is 30.7 Å². The second-order valence-corrected chi connectivity index (χ2v) is 11.9. The van der Waals surface area contributed by atoms with Crippen molar-refractivity contribution >= 4 is 15.7 Å². The molecule has 2 aromatic carbocycles. The summed E-state index contributed by atoms with van der Waals surface area (Å²) in [5, 5.41) is 0.